The van der Waals surface area contributed by atoms with E-state index >= 15 is 0 Å². The van der Waals surface area contributed by atoms with Crippen LogP contribution in [0.2, 0.25) is 0 Å². The quantitative estimate of drug-likeness (QED) is 0.320. The fourth-order valence-electron chi connectivity index (χ4n) is 1.56. The van der Waals surface area contributed by atoms with Gasteiger partial charge in [-0.1, -0.05) is 0 Å². The molecule has 0 unspecified atom stereocenters. The minimum atomic E-state index is -4.48. The molecular weight excluding hydrogens is 338 g/mol. The molecule has 0 radical (unpaired) electrons. The van der Waals surface area contributed by atoms with Gasteiger partial charge < -0.3 is 11.1 Å². The average molecular weight is 353 g/mol. The number of nitro benzene ring substituents is 1. The summed E-state index contributed by atoms with van der Waals surface area (Å²) in [5.74, 6) is -1.90. The first-order chi connectivity index (χ1) is 10.1. The number of nitrogens with zero attached hydrogens (tertiary/aromatic N) is 1. The summed E-state index contributed by atoms with van der Waals surface area (Å²) in [5, 5.41) is 13.5. The number of hydrogen-bond donors (Lipinski definition) is 3. The lowest BCUT2D eigenvalue weighted by molar-refractivity contribution is -0.385. The predicted octanol–water partition coefficient (Wildman–Crippen LogP) is -0.373. The van der Waals surface area contributed by atoms with E-state index in [2.05, 4.69) is 5.32 Å². The number of nitrogens with one attached hydrogen (secondary N) is 1. The van der Waals surface area contributed by atoms with Gasteiger partial charge in [0, 0.05) is 25.2 Å². The van der Waals surface area contributed by atoms with Gasteiger partial charge >= 0.3 is 0 Å². The monoisotopic (exact) mass is 353 g/mol. The Labute approximate surface area is 127 Å². The maximum absolute atomic E-state index is 12.2. The van der Waals surface area contributed by atoms with Crippen molar-refractivity contribution in [2.75, 3.05) is 29.9 Å². The molecule has 0 spiro atoms. The molecule has 0 fully saturated rings. The molecular formula is C10H15N3O7S2. The number of rotatable bonds is 8. The van der Waals surface area contributed by atoms with Gasteiger partial charge in [0.2, 0.25) is 0 Å². The van der Waals surface area contributed by atoms with Gasteiger partial charge in [-0.3, -0.25) is 14.7 Å². The Balaban J connectivity index is 3.27. The Bertz CT molecular complexity index is 759. The zero-order valence-corrected chi connectivity index (χ0v) is 12.9. The molecule has 0 aliphatic rings. The zero-order valence-electron chi connectivity index (χ0n) is 11.3. The largest absolute Gasteiger partial charge is 0.383 e. The standard InChI is InChI=1S/C10H15N3O7S2/c11-3-4-12-9-2-1-8(13(14)15)7-10(9)21(16,17)5-6-22(18,19)20/h1-2,7,12H,3-6,11H2,(H,18,19,20). The van der Waals surface area contributed by atoms with Crippen molar-refractivity contribution in [1.82, 2.24) is 0 Å². The average Bonchev–Trinajstić information content (AvgIpc) is 2.42. The third-order valence-electron chi connectivity index (χ3n) is 2.58. The molecule has 10 nitrogen and oxygen atoms in total. The van der Waals surface area contributed by atoms with Crippen LogP contribution in [-0.2, 0) is 20.0 Å². The molecule has 0 bridgehead atoms. The second kappa shape index (κ2) is 7.00. The predicted molar refractivity (Wildman–Crippen MR) is 79.1 cm³/mol. The zero-order chi connectivity index (χ0) is 17.0. The fourth-order valence-corrected chi connectivity index (χ4v) is 4.28. The number of anilines is 1. The van der Waals surface area contributed by atoms with Crippen LogP contribution in [0.15, 0.2) is 23.1 Å². The third-order valence-corrected chi connectivity index (χ3v) is 5.31. The molecule has 0 aromatic heterocycles. The summed E-state index contributed by atoms with van der Waals surface area (Å²) < 4.78 is 54.4. The van der Waals surface area contributed by atoms with Gasteiger partial charge in [-0.15, -0.1) is 0 Å². The van der Waals surface area contributed by atoms with E-state index in [0.29, 0.717) is 0 Å². The topological polar surface area (TPSA) is 170 Å². The summed E-state index contributed by atoms with van der Waals surface area (Å²) in [7, 11) is -8.63. The van der Waals surface area contributed by atoms with E-state index in [-0.39, 0.29) is 18.8 Å². The van der Waals surface area contributed by atoms with Crippen LogP contribution in [0.1, 0.15) is 0 Å². The van der Waals surface area contributed by atoms with Crippen molar-refractivity contribution in [3.8, 4) is 0 Å². The Morgan fingerprint density at radius 3 is 2.36 bits per heavy atom. The molecule has 1 aromatic rings. The van der Waals surface area contributed by atoms with Crippen molar-refractivity contribution in [1.29, 1.82) is 0 Å². The van der Waals surface area contributed by atoms with Crippen LogP contribution in [0.4, 0.5) is 11.4 Å². The Kier molecular flexibility index (Phi) is 5.82. The highest BCUT2D eigenvalue weighted by Gasteiger charge is 2.24. The van der Waals surface area contributed by atoms with Crippen molar-refractivity contribution >= 4 is 31.3 Å². The summed E-state index contributed by atoms with van der Waals surface area (Å²) in [6.07, 6.45) is 0. The van der Waals surface area contributed by atoms with Gasteiger partial charge in [0.05, 0.1) is 27.0 Å². The van der Waals surface area contributed by atoms with Crippen molar-refractivity contribution in [2.45, 2.75) is 4.90 Å². The van der Waals surface area contributed by atoms with E-state index in [4.69, 9.17) is 10.3 Å². The Morgan fingerprint density at radius 1 is 1.23 bits per heavy atom. The van der Waals surface area contributed by atoms with Crippen LogP contribution in [0.3, 0.4) is 0 Å². The number of sulfone groups is 1. The molecule has 22 heavy (non-hydrogen) atoms. The van der Waals surface area contributed by atoms with Crippen molar-refractivity contribution in [3.05, 3.63) is 28.3 Å². The highest BCUT2D eigenvalue weighted by Crippen LogP contribution is 2.27. The second-order valence-electron chi connectivity index (χ2n) is 4.26. The maximum atomic E-state index is 12.2. The molecule has 1 aromatic carbocycles. The minimum Gasteiger partial charge on any atom is -0.383 e. The number of hydrogen-bond acceptors (Lipinski definition) is 8. The SMILES string of the molecule is NCCNc1ccc([N+](=O)[O-])cc1S(=O)(=O)CCS(=O)(=O)O. The van der Waals surface area contributed by atoms with E-state index in [9.17, 15) is 26.9 Å². The summed E-state index contributed by atoms with van der Waals surface area (Å²) in [6.45, 7) is 0.417. The normalized spacial score (nSPS) is 12.1. The number of nitrogens with two attached hydrogens (primary N) is 1. The smallest absolute Gasteiger partial charge is 0.270 e. The Hall–Kier alpha value is -1.76. The molecule has 124 valence electrons. The van der Waals surface area contributed by atoms with E-state index in [1.807, 2.05) is 0 Å². The first kappa shape index (κ1) is 18.3. The summed E-state index contributed by atoms with van der Waals surface area (Å²) in [4.78, 5) is 9.57. The molecule has 0 saturated heterocycles. The van der Waals surface area contributed by atoms with E-state index in [1.165, 1.54) is 6.07 Å². The molecule has 0 saturated carbocycles. The van der Waals surface area contributed by atoms with Gasteiger partial charge in [-0.25, -0.2) is 8.42 Å². The van der Waals surface area contributed by atoms with E-state index in [0.717, 1.165) is 12.1 Å². The van der Waals surface area contributed by atoms with E-state index in [1.54, 1.807) is 0 Å². The highest BCUT2D eigenvalue weighted by molar-refractivity contribution is 7.93. The lowest BCUT2D eigenvalue weighted by Gasteiger charge is -2.11. The van der Waals surface area contributed by atoms with Crippen LogP contribution in [0, 0.1) is 10.1 Å². The minimum absolute atomic E-state index is 0.0754. The molecule has 0 heterocycles. The van der Waals surface area contributed by atoms with Crippen LogP contribution >= 0.6 is 0 Å². The van der Waals surface area contributed by atoms with Crippen molar-refractivity contribution < 1.29 is 26.3 Å². The van der Waals surface area contributed by atoms with Crippen LogP contribution in [0.5, 0.6) is 0 Å². The van der Waals surface area contributed by atoms with Crippen LogP contribution in [-0.4, -0.2) is 50.9 Å². The second-order valence-corrected chi connectivity index (χ2v) is 7.91. The molecule has 0 aliphatic carbocycles. The molecule has 0 amide bonds. The molecule has 0 aliphatic heterocycles. The number of benzene rings is 1. The van der Waals surface area contributed by atoms with Gasteiger partial charge in [0.15, 0.2) is 9.84 Å². The summed E-state index contributed by atoms with van der Waals surface area (Å²) >= 11 is 0. The third kappa shape index (κ3) is 5.22. The molecule has 0 atom stereocenters. The van der Waals surface area contributed by atoms with Gasteiger partial charge in [0.1, 0.15) is 0 Å². The Morgan fingerprint density at radius 2 is 1.86 bits per heavy atom. The fraction of sp³-hybridized carbons (Fsp3) is 0.400. The van der Waals surface area contributed by atoms with Gasteiger partial charge in [-0.2, -0.15) is 8.42 Å². The lowest BCUT2D eigenvalue weighted by atomic mass is 10.3. The summed E-state index contributed by atoms with van der Waals surface area (Å²) in [5.41, 5.74) is 4.92. The molecule has 4 N–H and O–H groups in total. The molecule has 12 heteroatoms. The lowest BCUT2D eigenvalue weighted by Crippen LogP contribution is -2.19. The first-order valence-corrected chi connectivity index (χ1v) is 9.23. The number of non-ortho nitro benzene ring substituents is 1. The first-order valence-electron chi connectivity index (χ1n) is 5.97. The van der Waals surface area contributed by atoms with Crippen molar-refractivity contribution in [3.63, 3.8) is 0 Å². The maximum Gasteiger partial charge on any atom is 0.270 e. The highest BCUT2D eigenvalue weighted by atomic mass is 32.2. The van der Waals surface area contributed by atoms with Crippen LogP contribution < -0.4 is 11.1 Å². The molecule has 1 rings (SSSR count). The summed E-state index contributed by atoms with van der Waals surface area (Å²) in [6, 6.07) is 3.15. The van der Waals surface area contributed by atoms with Crippen molar-refractivity contribution in [2.24, 2.45) is 5.73 Å². The van der Waals surface area contributed by atoms with Crippen LogP contribution in [0.25, 0.3) is 0 Å². The van der Waals surface area contributed by atoms with E-state index < -0.39 is 47.0 Å². The van der Waals surface area contributed by atoms with Gasteiger partial charge in [0.25, 0.3) is 15.8 Å². The number of nitro groups is 1. The van der Waals surface area contributed by atoms with Gasteiger partial charge in [-0.05, 0) is 6.07 Å².